The molecule has 0 radical (unpaired) electrons. The zero-order valence-corrected chi connectivity index (χ0v) is 12.5. The predicted octanol–water partition coefficient (Wildman–Crippen LogP) is 1.84. The highest BCUT2D eigenvalue weighted by molar-refractivity contribution is 7.22. The molecule has 10 heteroatoms. The number of ether oxygens (including phenoxy) is 1. The van der Waals surface area contributed by atoms with Crippen molar-refractivity contribution in [2.45, 2.75) is 0 Å². The van der Waals surface area contributed by atoms with Crippen molar-refractivity contribution in [2.24, 2.45) is 5.10 Å². The molecule has 0 spiro atoms. The van der Waals surface area contributed by atoms with Crippen LogP contribution >= 0.6 is 22.7 Å². The molecule has 0 aliphatic carbocycles. The van der Waals surface area contributed by atoms with Crippen LogP contribution in [0.5, 0.6) is 0 Å². The van der Waals surface area contributed by atoms with Gasteiger partial charge < -0.3 is 4.74 Å². The Morgan fingerprint density at radius 1 is 1.43 bits per heavy atom. The topological polar surface area (TPSA) is 93.8 Å². The highest BCUT2D eigenvalue weighted by Gasteiger charge is 2.22. The van der Waals surface area contributed by atoms with E-state index in [1.165, 1.54) is 17.6 Å². The lowest BCUT2D eigenvalue weighted by molar-refractivity contribution is -0.380. The summed E-state index contributed by atoms with van der Waals surface area (Å²) in [4.78, 5) is 19.1. The van der Waals surface area contributed by atoms with E-state index in [-0.39, 0.29) is 10.7 Å². The van der Waals surface area contributed by atoms with Crippen molar-refractivity contribution in [3.63, 3.8) is 0 Å². The lowest BCUT2D eigenvalue weighted by atomic mass is 10.5. The van der Waals surface area contributed by atoms with Crippen LogP contribution in [0.1, 0.15) is 5.69 Å². The molecule has 0 atom stereocenters. The maximum Gasteiger partial charge on any atom is 0.353 e. The Morgan fingerprint density at radius 3 is 2.90 bits per heavy atom. The van der Waals surface area contributed by atoms with Gasteiger partial charge in [0.1, 0.15) is 0 Å². The van der Waals surface area contributed by atoms with Gasteiger partial charge in [0.15, 0.2) is 15.7 Å². The minimum atomic E-state index is -0.435. The average Bonchev–Trinajstić information content (AvgIpc) is 3.15. The highest BCUT2D eigenvalue weighted by Crippen LogP contribution is 2.33. The molecule has 8 nitrogen and oxygen atoms in total. The second-order valence-electron chi connectivity index (χ2n) is 4.11. The quantitative estimate of drug-likeness (QED) is 0.484. The first kappa shape index (κ1) is 14.0. The average molecular weight is 325 g/mol. The third-order valence-corrected chi connectivity index (χ3v) is 4.68. The van der Waals surface area contributed by atoms with Crippen molar-refractivity contribution in [1.82, 2.24) is 15.0 Å². The molecule has 1 saturated heterocycles. The van der Waals surface area contributed by atoms with Crippen molar-refractivity contribution in [3.05, 3.63) is 27.4 Å². The Morgan fingerprint density at radius 2 is 2.24 bits per heavy atom. The van der Waals surface area contributed by atoms with Gasteiger partial charge in [-0.25, -0.2) is 9.97 Å². The first-order valence-electron chi connectivity index (χ1n) is 6.16. The van der Waals surface area contributed by atoms with Crippen LogP contribution in [0, 0.1) is 10.1 Å². The van der Waals surface area contributed by atoms with Crippen molar-refractivity contribution >= 4 is 33.9 Å². The van der Waals surface area contributed by atoms with Gasteiger partial charge in [-0.3, -0.25) is 15.1 Å². The van der Waals surface area contributed by atoms with Gasteiger partial charge in [0, 0.05) is 11.6 Å². The molecular weight excluding hydrogens is 314 g/mol. The highest BCUT2D eigenvalue weighted by atomic mass is 32.1. The van der Waals surface area contributed by atoms with Gasteiger partial charge in [-0.15, -0.1) is 11.3 Å². The van der Waals surface area contributed by atoms with E-state index in [4.69, 9.17) is 4.74 Å². The summed E-state index contributed by atoms with van der Waals surface area (Å²) in [6.07, 6.45) is 3.09. The molecule has 21 heavy (non-hydrogen) atoms. The maximum atomic E-state index is 11.1. The van der Waals surface area contributed by atoms with E-state index in [0.717, 1.165) is 11.3 Å². The summed E-state index contributed by atoms with van der Waals surface area (Å²) < 4.78 is 5.22. The third kappa shape index (κ3) is 3.23. The van der Waals surface area contributed by atoms with Gasteiger partial charge in [0.2, 0.25) is 0 Å². The summed E-state index contributed by atoms with van der Waals surface area (Å²) in [5, 5.41) is 20.2. The minimum absolute atomic E-state index is 0.0165. The first-order chi connectivity index (χ1) is 10.2. The molecular formula is C11H11N5O3S2. The molecule has 0 bridgehead atoms. The standard InChI is InChI=1S/C11H11N5O3S2/c17-16(18)11-8(7-13-15-2-4-19-5-3-15)14-10(21-11)9-12-1-6-20-9/h1,6-7H,2-5H2/b13-7-. The maximum absolute atomic E-state index is 11.1. The normalized spacial score (nSPS) is 15.7. The summed E-state index contributed by atoms with van der Waals surface area (Å²) in [7, 11) is 0. The molecule has 2 aromatic rings. The zero-order chi connectivity index (χ0) is 14.7. The molecule has 0 aromatic carbocycles. The van der Waals surface area contributed by atoms with E-state index >= 15 is 0 Å². The molecule has 110 valence electrons. The van der Waals surface area contributed by atoms with E-state index in [0.29, 0.717) is 36.3 Å². The van der Waals surface area contributed by atoms with Gasteiger partial charge in [0.25, 0.3) is 0 Å². The summed E-state index contributed by atoms with van der Waals surface area (Å²) in [6.45, 7) is 2.57. The lowest BCUT2D eigenvalue weighted by Crippen LogP contribution is -2.32. The van der Waals surface area contributed by atoms with Gasteiger partial charge in [-0.2, -0.15) is 5.10 Å². The number of thiazole rings is 2. The number of hydrazone groups is 1. The van der Waals surface area contributed by atoms with Gasteiger partial charge in [0.05, 0.1) is 37.4 Å². The second-order valence-corrected chi connectivity index (χ2v) is 5.99. The molecule has 0 saturated carbocycles. The number of morpholine rings is 1. The first-order valence-corrected chi connectivity index (χ1v) is 7.85. The number of hydrogen-bond acceptors (Lipinski definition) is 9. The third-order valence-electron chi connectivity index (χ3n) is 2.75. The van der Waals surface area contributed by atoms with Crippen molar-refractivity contribution in [1.29, 1.82) is 0 Å². The van der Waals surface area contributed by atoms with Crippen LogP contribution in [0.3, 0.4) is 0 Å². The zero-order valence-electron chi connectivity index (χ0n) is 10.8. The summed E-state index contributed by atoms with van der Waals surface area (Å²) >= 11 is 2.41. The molecule has 3 heterocycles. The van der Waals surface area contributed by atoms with E-state index < -0.39 is 4.92 Å². The number of aromatic nitrogens is 2. The van der Waals surface area contributed by atoms with Crippen LogP contribution in [0.2, 0.25) is 0 Å². The monoisotopic (exact) mass is 325 g/mol. The molecule has 1 fully saturated rings. The van der Waals surface area contributed by atoms with E-state index in [2.05, 4.69) is 15.1 Å². The van der Waals surface area contributed by atoms with Crippen LogP contribution in [0.4, 0.5) is 5.00 Å². The van der Waals surface area contributed by atoms with Gasteiger partial charge in [-0.1, -0.05) is 0 Å². The van der Waals surface area contributed by atoms with Crippen molar-refractivity contribution in [2.75, 3.05) is 26.3 Å². The minimum Gasteiger partial charge on any atom is -0.378 e. The van der Waals surface area contributed by atoms with E-state index in [1.807, 2.05) is 10.4 Å². The smallest absolute Gasteiger partial charge is 0.353 e. The predicted molar refractivity (Wildman–Crippen MR) is 79.9 cm³/mol. The Labute approximate surface area is 127 Å². The van der Waals surface area contributed by atoms with Crippen molar-refractivity contribution in [3.8, 4) is 10.0 Å². The molecule has 0 unspecified atom stereocenters. The van der Waals surface area contributed by atoms with Crippen molar-refractivity contribution < 1.29 is 9.66 Å². The van der Waals surface area contributed by atoms with Gasteiger partial charge >= 0.3 is 5.00 Å². The fourth-order valence-electron chi connectivity index (χ4n) is 1.76. The number of nitrogens with zero attached hydrogens (tertiary/aromatic N) is 5. The summed E-state index contributed by atoms with van der Waals surface area (Å²) in [5.41, 5.74) is 0.265. The Hall–Kier alpha value is -1.91. The second kappa shape index (κ2) is 6.24. The van der Waals surface area contributed by atoms with Gasteiger partial charge in [-0.05, 0) is 11.3 Å². The Kier molecular flexibility index (Phi) is 4.18. The Bertz CT molecular complexity index is 649. The lowest BCUT2D eigenvalue weighted by Gasteiger charge is -2.23. The van der Waals surface area contributed by atoms with Crippen LogP contribution in [0.25, 0.3) is 10.0 Å². The summed E-state index contributed by atoms with van der Waals surface area (Å²) in [6, 6.07) is 0. The molecule has 1 aliphatic heterocycles. The van der Waals surface area contributed by atoms with Crippen LogP contribution in [-0.4, -0.2) is 52.4 Å². The number of hydrogen-bond donors (Lipinski definition) is 0. The van der Waals surface area contributed by atoms with Crippen LogP contribution in [0.15, 0.2) is 16.7 Å². The van der Waals surface area contributed by atoms with Crippen LogP contribution in [-0.2, 0) is 4.74 Å². The fraction of sp³-hybridized carbons (Fsp3) is 0.364. The van der Waals surface area contributed by atoms with E-state index in [9.17, 15) is 10.1 Å². The molecule has 0 N–H and O–H groups in total. The van der Waals surface area contributed by atoms with Crippen LogP contribution < -0.4 is 0 Å². The Balaban J connectivity index is 1.86. The number of rotatable bonds is 4. The number of nitro groups is 1. The largest absolute Gasteiger partial charge is 0.378 e. The van der Waals surface area contributed by atoms with E-state index in [1.54, 1.807) is 6.20 Å². The fourth-order valence-corrected chi connectivity index (χ4v) is 3.30. The molecule has 0 amide bonds. The molecule has 1 aliphatic rings. The molecule has 2 aromatic heterocycles. The summed E-state index contributed by atoms with van der Waals surface area (Å²) in [5.74, 6) is 0. The SMILES string of the molecule is O=[N+]([O-])c1sc(-c2nccs2)nc1/C=N\N1CCOCC1. The molecule has 3 rings (SSSR count).